The van der Waals surface area contributed by atoms with Crippen molar-refractivity contribution in [3.05, 3.63) is 46.8 Å². The molecule has 1 aromatic carbocycles. The second-order valence-electron chi connectivity index (χ2n) is 3.17. The van der Waals surface area contributed by atoms with Crippen molar-refractivity contribution in [2.45, 2.75) is 0 Å². The van der Waals surface area contributed by atoms with Crippen LogP contribution in [0, 0.1) is 5.95 Å². The monoisotopic (exact) mass is 281 g/mol. The largest absolute Gasteiger partial charge is 0.496 e. The Kier molecular flexibility index (Phi) is 3.19. The molecule has 2 nitrogen and oxygen atoms in total. The molecule has 0 spiro atoms. The SMILES string of the molecule is COc1ccccc1-c1ccc(Br)c(F)n1. The van der Waals surface area contributed by atoms with Crippen molar-refractivity contribution >= 4 is 15.9 Å². The van der Waals surface area contributed by atoms with Crippen molar-refractivity contribution in [3.8, 4) is 17.0 Å². The highest BCUT2D eigenvalue weighted by Crippen LogP contribution is 2.29. The summed E-state index contributed by atoms with van der Waals surface area (Å²) in [4.78, 5) is 3.86. The van der Waals surface area contributed by atoms with Gasteiger partial charge in [-0.2, -0.15) is 4.39 Å². The van der Waals surface area contributed by atoms with Crippen molar-refractivity contribution in [2.24, 2.45) is 0 Å². The molecule has 0 radical (unpaired) electrons. The van der Waals surface area contributed by atoms with Gasteiger partial charge in [-0.15, -0.1) is 0 Å². The van der Waals surface area contributed by atoms with Gasteiger partial charge < -0.3 is 4.74 Å². The van der Waals surface area contributed by atoms with Gasteiger partial charge in [0.1, 0.15) is 5.75 Å². The van der Waals surface area contributed by atoms with Gasteiger partial charge in [0.25, 0.3) is 0 Å². The molecule has 0 unspecified atom stereocenters. The fraction of sp³-hybridized carbons (Fsp3) is 0.0833. The molecule has 1 aromatic heterocycles. The van der Waals surface area contributed by atoms with Crippen molar-refractivity contribution in [1.82, 2.24) is 4.98 Å². The van der Waals surface area contributed by atoms with Crippen LogP contribution in [0.4, 0.5) is 4.39 Å². The van der Waals surface area contributed by atoms with E-state index in [1.165, 1.54) is 0 Å². The van der Waals surface area contributed by atoms with E-state index < -0.39 is 5.95 Å². The first-order chi connectivity index (χ1) is 7.72. The molecule has 0 atom stereocenters. The average Bonchev–Trinajstić information content (AvgIpc) is 2.32. The number of para-hydroxylation sites is 1. The molecule has 0 bridgehead atoms. The van der Waals surface area contributed by atoms with Gasteiger partial charge in [0, 0.05) is 5.56 Å². The van der Waals surface area contributed by atoms with Crippen LogP contribution in [0.3, 0.4) is 0 Å². The molecule has 1 heterocycles. The Morgan fingerprint density at radius 3 is 2.62 bits per heavy atom. The summed E-state index contributed by atoms with van der Waals surface area (Å²) in [5.41, 5.74) is 1.33. The summed E-state index contributed by atoms with van der Waals surface area (Å²) in [7, 11) is 1.58. The van der Waals surface area contributed by atoms with E-state index >= 15 is 0 Å². The molecule has 2 aromatic rings. The third-order valence-electron chi connectivity index (χ3n) is 2.19. The first-order valence-electron chi connectivity index (χ1n) is 4.68. The highest BCUT2D eigenvalue weighted by Gasteiger charge is 2.08. The summed E-state index contributed by atoms with van der Waals surface area (Å²) in [6.07, 6.45) is 0. The van der Waals surface area contributed by atoms with Gasteiger partial charge in [-0.05, 0) is 40.2 Å². The van der Waals surface area contributed by atoms with Crippen LogP contribution in [0.25, 0.3) is 11.3 Å². The van der Waals surface area contributed by atoms with Crippen molar-refractivity contribution < 1.29 is 9.13 Å². The van der Waals surface area contributed by atoms with Crippen LogP contribution >= 0.6 is 15.9 Å². The third-order valence-corrected chi connectivity index (χ3v) is 2.78. The molecule has 0 N–H and O–H groups in total. The quantitative estimate of drug-likeness (QED) is 0.784. The van der Waals surface area contributed by atoms with E-state index in [1.54, 1.807) is 19.2 Å². The van der Waals surface area contributed by atoms with Crippen LogP contribution in [0.1, 0.15) is 0 Å². The molecule has 0 fully saturated rings. The van der Waals surface area contributed by atoms with Gasteiger partial charge in [-0.3, -0.25) is 0 Å². The van der Waals surface area contributed by atoms with Crippen LogP contribution in [-0.2, 0) is 0 Å². The number of pyridine rings is 1. The van der Waals surface area contributed by atoms with Gasteiger partial charge in [0.15, 0.2) is 0 Å². The normalized spacial score (nSPS) is 10.2. The summed E-state index contributed by atoms with van der Waals surface area (Å²) in [6.45, 7) is 0. The summed E-state index contributed by atoms with van der Waals surface area (Å²) in [6, 6.07) is 10.7. The first kappa shape index (κ1) is 11.1. The summed E-state index contributed by atoms with van der Waals surface area (Å²) < 4.78 is 18.9. The number of hydrogen-bond acceptors (Lipinski definition) is 2. The second-order valence-corrected chi connectivity index (χ2v) is 4.02. The zero-order valence-electron chi connectivity index (χ0n) is 8.58. The minimum atomic E-state index is -0.525. The van der Waals surface area contributed by atoms with E-state index in [0.717, 1.165) is 5.56 Å². The minimum absolute atomic E-state index is 0.353. The molecule has 82 valence electrons. The number of benzene rings is 1. The Morgan fingerprint density at radius 2 is 1.94 bits per heavy atom. The summed E-state index contributed by atoms with van der Waals surface area (Å²) in [5, 5.41) is 0. The van der Waals surface area contributed by atoms with Crippen LogP contribution in [0.15, 0.2) is 40.9 Å². The second kappa shape index (κ2) is 4.61. The van der Waals surface area contributed by atoms with Gasteiger partial charge >= 0.3 is 0 Å². The predicted molar refractivity (Wildman–Crippen MR) is 63.9 cm³/mol. The highest BCUT2D eigenvalue weighted by atomic mass is 79.9. The Balaban J connectivity index is 2.54. The lowest BCUT2D eigenvalue weighted by atomic mass is 10.1. The van der Waals surface area contributed by atoms with E-state index in [2.05, 4.69) is 20.9 Å². The molecule has 0 amide bonds. The van der Waals surface area contributed by atoms with Gasteiger partial charge in [-0.1, -0.05) is 12.1 Å². The minimum Gasteiger partial charge on any atom is -0.496 e. The van der Waals surface area contributed by atoms with Crippen LogP contribution in [-0.4, -0.2) is 12.1 Å². The van der Waals surface area contributed by atoms with E-state index in [4.69, 9.17) is 4.74 Å². The lowest BCUT2D eigenvalue weighted by Gasteiger charge is -2.07. The Labute approximate surface area is 101 Å². The molecule has 0 aliphatic carbocycles. The van der Waals surface area contributed by atoms with Crippen LogP contribution in [0.5, 0.6) is 5.75 Å². The average molecular weight is 282 g/mol. The Hall–Kier alpha value is -1.42. The topological polar surface area (TPSA) is 22.1 Å². The van der Waals surface area contributed by atoms with E-state index in [0.29, 0.717) is 15.9 Å². The predicted octanol–water partition coefficient (Wildman–Crippen LogP) is 3.66. The van der Waals surface area contributed by atoms with Gasteiger partial charge in [0.05, 0.1) is 17.3 Å². The van der Waals surface area contributed by atoms with Crippen molar-refractivity contribution in [1.29, 1.82) is 0 Å². The summed E-state index contributed by atoms with van der Waals surface area (Å²) in [5.74, 6) is 0.153. The molecular formula is C12H9BrFNO. The zero-order chi connectivity index (χ0) is 11.5. The Bertz CT molecular complexity index is 516. The summed E-state index contributed by atoms with van der Waals surface area (Å²) >= 11 is 3.07. The molecule has 16 heavy (non-hydrogen) atoms. The maximum absolute atomic E-state index is 13.3. The van der Waals surface area contributed by atoms with E-state index in [9.17, 15) is 4.39 Å². The van der Waals surface area contributed by atoms with Gasteiger partial charge in [-0.25, -0.2) is 4.98 Å². The van der Waals surface area contributed by atoms with Crippen molar-refractivity contribution in [3.63, 3.8) is 0 Å². The molecule has 2 rings (SSSR count). The standard InChI is InChI=1S/C12H9BrFNO/c1-16-11-5-3-2-4-8(11)10-7-6-9(13)12(14)15-10/h2-7H,1H3. The maximum Gasteiger partial charge on any atom is 0.227 e. The number of rotatable bonds is 2. The molecule has 0 aliphatic heterocycles. The maximum atomic E-state index is 13.3. The number of nitrogens with zero attached hydrogens (tertiary/aromatic N) is 1. The fourth-order valence-corrected chi connectivity index (χ4v) is 1.64. The zero-order valence-corrected chi connectivity index (χ0v) is 10.2. The van der Waals surface area contributed by atoms with Crippen molar-refractivity contribution in [2.75, 3.05) is 7.11 Å². The van der Waals surface area contributed by atoms with E-state index in [-0.39, 0.29) is 0 Å². The third kappa shape index (κ3) is 2.07. The molecule has 0 aliphatic rings. The number of ether oxygens (including phenoxy) is 1. The Morgan fingerprint density at radius 1 is 1.19 bits per heavy atom. The molecule has 0 saturated heterocycles. The van der Waals surface area contributed by atoms with Gasteiger partial charge in [0.2, 0.25) is 5.95 Å². The van der Waals surface area contributed by atoms with Crippen LogP contribution in [0.2, 0.25) is 0 Å². The lowest BCUT2D eigenvalue weighted by Crippen LogP contribution is -1.92. The van der Waals surface area contributed by atoms with E-state index in [1.807, 2.05) is 24.3 Å². The van der Waals surface area contributed by atoms with Crippen LogP contribution < -0.4 is 4.74 Å². The number of methoxy groups -OCH3 is 1. The molecule has 0 saturated carbocycles. The number of halogens is 2. The smallest absolute Gasteiger partial charge is 0.227 e. The number of hydrogen-bond donors (Lipinski definition) is 0. The highest BCUT2D eigenvalue weighted by molar-refractivity contribution is 9.10. The molecule has 4 heteroatoms. The molecular weight excluding hydrogens is 273 g/mol. The fourth-order valence-electron chi connectivity index (χ4n) is 1.42. The number of aromatic nitrogens is 1. The lowest BCUT2D eigenvalue weighted by molar-refractivity contribution is 0.416. The first-order valence-corrected chi connectivity index (χ1v) is 5.47.